The van der Waals surface area contributed by atoms with E-state index in [0.717, 1.165) is 16.1 Å². The van der Waals surface area contributed by atoms with Gasteiger partial charge in [0.1, 0.15) is 5.01 Å². The maximum absolute atomic E-state index is 11.9. The molecule has 5 heteroatoms. The van der Waals surface area contributed by atoms with Crippen molar-refractivity contribution in [1.82, 2.24) is 10.2 Å². The molecule has 0 radical (unpaired) electrons. The second-order valence-electron chi connectivity index (χ2n) is 5.01. The molecule has 0 unspecified atom stereocenters. The summed E-state index contributed by atoms with van der Waals surface area (Å²) in [5.41, 5.74) is 3.16. The van der Waals surface area contributed by atoms with Crippen molar-refractivity contribution in [3.05, 3.63) is 71.8 Å². The zero-order valence-corrected chi connectivity index (χ0v) is 13.4. The summed E-state index contributed by atoms with van der Waals surface area (Å²) >= 11 is 1.35. The molecule has 1 N–H and O–H groups in total. The van der Waals surface area contributed by atoms with E-state index < -0.39 is 0 Å². The maximum Gasteiger partial charge on any atom is 0.250 e. The van der Waals surface area contributed by atoms with E-state index in [4.69, 9.17) is 0 Å². The number of aryl methyl sites for hydroxylation is 1. The van der Waals surface area contributed by atoms with E-state index in [1.807, 2.05) is 61.5 Å². The van der Waals surface area contributed by atoms with Gasteiger partial charge >= 0.3 is 0 Å². The molecule has 0 saturated carbocycles. The van der Waals surface area contributed by atoms with Gasteiger partial charge in [-0.1, -0.05) is 71.5 Å². The topological polar surface area (TPSA) is 54.9 Å². The van der Waals surface area contributed by atoms with Gasteiger partial charge in [0.15, 0.2) is 0 Å². The average Bonchev–Trinajstić information content (AvgIpc) is 3.04. The number of rotatable bonds is 4. The van der Waals surface area contributed by atoms with Crippen molar-refractivity contribution in [1.29, 1.82) is 0 Å². The fraction of sp³-hybridized carbons (Fsp3) is 0.0556. The van der Waals surface area contributed by atoms with Crippen LogP contribution in [0.1, 0.15) is 11.1 Å². The van der Waals surface area contributed by atoms with Crippen molar-refractivity contribution in [3.8, 4) is 10.6 Å². The number of nitrogens with zero attached hydrogens (tertiary/aromatic N) is 2. The fourth-order valence-electron chi connectivity index (χ4n) is 1.97. The van der Waals surface area contributed by atoms with Crippen LogP contribution < -0.4 is 5.32 Å². The molecule has 0 fully saturated rings. The summed E-state index contributed by atoms with van der Waals surface area (Å²) in [4.78, 5) is 11.9. The summed E-state index contributed by atoms with van der Waals surface area (Å²) in [6.07, 6.45) is 3.27. The Morgan fingerprint density at radius 1 is 1.04 bits per heavy atom. The third-order valence-corrected chi connectivity index (χ3v) is 4.07. The highest BCUT2D eigenvalue weighted by Crippen LogP contribution is 2.25. The second-order valence-corrected chi connectivity index (χ2v) is 5.99. The van der Waals surface area contributed by atoms with Crippen LogP contribution in [0.25, 0.3) is 16.6 Å². The van der Waals surface area contributed by atoms with Gasteiger partial charge in [0.25, 0.3) is 0 Å². The Morgan fingerprint density at radius 2 is 1.78 bits per heavy atom. The molecule has 3 aromatic rings. The zero-order chi connectivity index (χ0) is 16.1. The number of hydrogen-bond donors (Lipinski definition) is 1. The van der Waals surface area contributed by atoms with Gasteiger partial charge < -0.3 is 0 Å². The first-order chi connectivity index (χ1) is 11.2. The zero-order valence-electron chi connectivity index (χ0n) is 12.6. The minimum Gasteiger partial charge on any atom is -0.297 e. The Labute approximate surface area is 138 Å². The first-order valence-corrected chi connectivity index (χ1v) is 7.97. The van der Waals surface area contributed by atoms with Crippen molar-refractivity contribution in [2.75, 3.05) is 5.32 Å². The number of carbonyl (C=O) groups is 1. The molecule has 0 aliphatic rings. The first kappa shape index (κ1) is 15.1. The summed E-state index contributed by atoms with van der Waals surface area (Å²) in [5.74, 6) is -0.221. The predicted molar refractivity (Wildman–Crippen MR) is 94.2 cm³/mol. The lowest BCUT2D eigenvalue weighted by Crippen LogP contribution is -2.07. The third-order valence-electron chi connectivity index (χ3n) is 3.18. The van der Waals surface area contributed by atoms with Crippen molar-refractivity contribution in [2.45, 2.75) is 6.92 Å². The molecular formula is C18H15N3OS. The van der Waals surface area contributed by atoms with Crippen LogP contribution in [0.2, 0.25) is 0 Å². The van der Waals surface area contributed by atoms with Gasteiger partial charge in [0, 0.05) is 11.6 Å². The number of aromatic nitrogens is 2. The highest BCUT2D eigenvalue weighted by Gasteiger charge is 2.07. The van der Waals surface area contributed by atoms with Crippen LogP contribution in [0.4, 0.5) is 5.13 Å². The molecule has 0 spiro atoms. The Kier molecular flexibility index (Phi) is 4.59. The van der Waals surface area contributed by atoms with Crippen LogP contribution in [0.5, 0.6) is 0 Å². The van der Waals surface area contributed by atoms with Gasteiger partial charge in [-0.15, -0.1) is 10.2 Å². The second kappa shape index (κ2) is 6.98. The molecule has 0 saturated heterocycles. The lowest BCUT2D eigenvalue weighted by molar-refractivity contribution is -0.111. The molecule has 0 aliphatic heterocycles. The van der Waals surface area contributed by atoms with E-state index in [1.165, 1.54) is 23.0 Å². The van der Waals surface area contributed by atoms with Crippen molar-refractivity contribution in [3.63, 3.8) is 0 Å². The predicted octanol–water partition coefficient (Wildman–Crippen LogP) is 4.17. The largest absolute Gasteiger partial charge is 0.297 e. The highest BCUT2D eigenvalue weighted by atomic mass is 32.1. The van der Waals surface area contributed by atoms with Gasteiger partial charge in [0.2, 0.25) is 11.0 Å². The number of carbonyl (C=O) groups excluding carboxylic acids is 1. The quantitative estimate of drug-likeness (QED) is 0.734. The molecule has 4 nitrogen and oxygen atoms in total. The minimum atomic E-state index is -0.221. The van der Waals surface area contributed by atoms with Crippen LogP contribution >= 0.6 is 11.3 Å². The van der Waals surface area contributed by atoms with E-state index in [9.17, 15) is 4.79 Å². The molecular weight excluding hydrogens is 306 g/mol. The number of hydrogen-bond acceptors (Lipinski definition) is 4. The Morgan fingerprint density at radius 3 is 2.52 bits per heavy atom. The smallest absolute Gasteiger partial charge is 0.250 e. The molecule has 114 valence electrons. The van der Waals surface area contributed by atoms with E-state index in [1.54, 1.807) is 6.08 Å². The highest BCUT2D eigenvalue weighted by molar-refractivity contribution is 7.18. The van der Waals surface area contributed by atoms with Crippen LogP contribution in [0.3, 0.4) is 0 Å². The van der Waals surface area contributed by atoms with Gasteiger partial charge in [0.05, 0.1) is 0 Å². The normalized spacial score (nSPS) is 10.8. The standard InChI is InChI=1S/C18H15N3OS/c1-13-7-9-14(10-8-13)11-12-16(22)19-18-21-20-17(23-18)15-5-3-2-4-6-15/h2-12H,1H3,(H,19,21,22)/b12-11+. The Hall–Kier alpha value is -2.79. The van der Waals surface area contributed by atoms with Gasteiger partial charge in [-0.05, 0) is 18.6 Å². The molecule has 0 atom stereocenters. The number of amides is 1. The third kappa shape index (κ3) is 4.11. The summed E-state index contributed by atoms with van der Waals surface area (Å²) in [6, 6.07) is 17.7. The Balaban J connectivity index is 1.64. The summed E-state index contributed by atoms with van der Waals surface area (Å²) in [7, 11) is 0. The van der Waals surface area contributed by atoms with Crippen molar-refractivity contribution >= 4 is 28.5 Å². The van der Waals surface area contributed by atoms with Crippen LogP contribution in [0, 0.1) is 6.92 Å². The average molecular weight is 321 g/mol. The molecule has 2 aromatic carbocycles. The lowest BCUT2D eigenvalue weighted by Gasteiger charge is -1.96. The molecule has 0 bridgehead atoms. The van der Waals surface area contributed by atoms with Gasteiger partial charge in [-0.25, -0.2) is 0 Å². The van der Waals surface area contributed by atoms with Gasteiger partial charge in [-0.3, -0.25) is 10.1 Å². The van der Waals surface area contributed by atoms with E-state index in [0.29, 0.717) is 5.13 Å². The first-order valence-electron chi connectivity index (χ1n) is 7.15. The minimum absolute atomic E-state index is 0.221. The summed E-state index contributed by atoms with van der Waals surface area (Å²) in [5, 5.41) is 12.1. The van der Waals surface area contributed by atoms with Crippen LogP contribution in [-0.4, -0.2) is 16.1 Å². The van der Waals surface area contributed by atoms with Crippen LogP contribution in [0.15, 0.2) is 60.7 Å². The van der Waals surface area contributed by atoms with Crippen molar-refractivity contribution < 1.29 is 4.79 Å². The van der Waals surface area contributed by atoms with E-state index >= 15 is 0 Å². The lowest BCUT2D eigenvalue weighted by atomic mass is 10.1. The molecule has 23 heavy (non-hydrogen) atoms. The maximum atomic E-state index is 11.9. The number of nitrogens with one attached hydrogen (secondary N) is 1. The van der Waals surface area contributed by atoms with Gasteiger partial charge in [-0.2, -0.15) is 0 Å². The summed E-state index contributed by atoms with van der Waals surface area (Å²) < 4.78 is 0. The number of anilines is 1. The fourth-order valence-corrected chi connectivity index (χ4v) is 2.72. The molecule has 0 aliphatic carbocycles. The molecule has 1 aromatic heterocycles. The molecule has 3 rings (SSSR count). The molecule has 1 heterocycles. The Bertz CT molecular complexity index is 823. The van der Waals surface area contributed by atoms with Crippen molar-refractivity contribution in [2.24, 2.45) is 0 Å². The van der Waals surface area contributed by atoms with E-state index in [-0.39, 0.29) is 5.91 Å². The number of benzene rings is 2. The summed E-state index contributed by atoms with van der Waals surface area (Å²) in [6.45, 7) is 2.03. The van der Waals surface area contributed by atoms with E-state index in [2.05, 4.69) is 15.5 Å². The van der Waals surface area contributed by atoms with Crippen LogP contribution in [-0.2, 0) is 4.79 Å². The molecule has 1 amide bonds. The monoisotopic (exact) mass is 321 g/mol. The SMILES string of the molecule is Cc1ccc(/C=C/C(=O)Nc2nnc(-c3ccccc3)s2)cc1.